The number of carbonyl (C=O) groups excluding carboxylic acids is 2. The van der Waals surface area contributed by atoms with E-state index in [-0.39, 0.29) is 35.8 Å². The molecule has 0 radical (unpaired) electrons. The third kappa shape index (κ3) is 10.4. The summed E-state index contributed by atoms with van der Waals surface area (Å²) in [6.07, 6.45) is 0.302. The quantitative estimate of drug-likeness (QED) is 0.0672. The molecule has 0 saturated heterocycles. The first kappa shape index (κ1) is 36.6. The second-order valence-corrected chi connectivity index (χ2v) is 18.3. The Morgan fingerprint density at radius 3 is 1.92 bits per heavy atom. The zero-order valence-corrected chi connectivity index (χ0v) is 29.8. The fourth-order valence-corrected chi connectivity index (χ4v) is 6.40. The molecule has 0 aromatic heterocycles. The van der Waals surface area contributed by atoms with Crippen LogP contribution in [0.25, 0.3) is 0 Å². The van der Waals surface area contributed by atoms with Crippen molar-refractivity contribution in [1.82, 2.24) is 0 Å². The smallest absolute Gasteiger partial charge is 0.306 e. The molecule has 0 fully saturated rings. The number of hydrogen-bond donors (Lipinski definition) is 0. The normalized spacial score (nSPS) is 13.0. The van der Waals surface area contributed by atoms with Gasteiger partial charge in [0.15, 0.2) is 14.1 Å². The van der Waals surface area contributed by atoms with E-state index in [1.807, 2.05) is 60.7 Å². The summed E-state index contributed by atoms with van der Waals surface area (Å²) in [5, 5.41) is -0.0676. The Morgan fingerprint density at radius 1 is 0.771 bits per heavy atom. The van der Waals surface area contributed by atoms with Crippen LogP contribution in [0.1, 0.15) is 73.2 Å². The Morgan fingerprint density at radius 2 is 1.35 bits per heavy atom. The van der Waals surface area contributed by atoms with Crippen LogP contribution in [-0.2, 0) is 27.2 Å². The molecular weight excluding hydrogens is 624 g/mol. The third-order valence-corrected chi connectivity index (χ3v) is 13.5. The Balaban J connectivity index is 1.63. The first-order valence-corrected chi connectivity index (χ1v) is 19.3. The van der Waals surface area contributed by atoms with Crippen LogP contribution in [0.5, 0.6) is 11.5 Å². The van der Waals surface area contributed by atoms with E-state index in [0.29, 0.717) is 36.5 Å². The molecule has 0 aliphatic rings. The molecule has 1 unspecified atom stereocenters. The number of Topliss-reactive ketones (excluding diaryl/α,β-unsaturated/α-hetero) is 1. The van der Waals surface area contributed by atoms with Crippen LogP contribution < -0.4 is 9.47 Å². The van der Waals surface area contributed by atoms with Crippen LogP contribution in [0.2, 0.25) is 18.1 Å². The second-order valence-electron chi connectivity index (χ2n) is 13.5. The highest BCUT2D eigenvalue weighted by Crippen LogP contribution is 2.41. The lowest BCUT2D eigenvalue weighted by atomic mass is 9.88. The van der Waals surface area contributed by atoms with Gasteiger partial charge in [0.25, 0.3) is 0 Å². The predicted molar refractivity (Wildman–Crippen MR) is 189 cm³/mol. The predicted octanol–water partition coefficient (Wildman–Crippen LogP) is 9.89. The zero-order valence-electron chi connectivity index (χ0n) is 28.8. The van der Waals surface area contributed by atoms with Crippen molar-refractivity contribution < 1.29 is 32.6 Å². The number of carbonyl (C=O) groups is 2. The monoisotopic (exact) mass is 670 g/mol. The van der Waals surface area contributed by atoms with Gasteiger partial charge in [0.05, 0.1) is 25.2 Å². The first-order valence-electron chi connectivity index (χ1n) is 16.4. The molecule has 254 valence electrons. The molecule has 0 N–H and O–H groups in total. The summed E-state index contributed by atoms with van der Waals surface area (Å²) < 4.78 is 38.1. The number of halogens is 1. The topological polar surface area (TPSA) is 71.1 Å². The SMILES string of the molecule is COC(=O)CC(CC[C@@H](O[Si](C)(C)C(C)(C)C)c1ccc(F)cc1)C(=O)c1ccc(OCc2ccccc2)cc1OCc1ccccc1. The van der Waals surface area contributed by atoms with Gasteiger partial charge in [0.1, 0.15) is 30.5 Å². The fourth-order valence-electron chi connectivity index (χ4n) is 5.08. The van der Waals surface area contributed by atoms with E-state index in [1.165, 1.54) is 19.2 Å². The van der Waals surface area contributed by atoms with Crippen molar-refractivity contribution in [3.63, 3.8) is 0 Å². The number of hydrogen-bond acceptors (Lipinski definition) is 6. The van der Waals surface area contributed by atoms with Crippen LogP contribution in [0.4, 0.5) is 4.39 Å². The lowest BCUT2D eigenvalue weighted by Crippen LogP contribution is -2.42. The maximum absolute atomic E-state index is 14.3. The number of methoxy groups -OCH3 is 1. The van der Waals surface area contributed by atoms with E-state index < -0.39 is 20.2 Å². The molecule has 0 aliphatic heterocycles. The average Bonchev–Trinajstić information content (AvgIpc) is 3.08. The van der Waals surface area contributed by atoms with E-state index in [4.69, 9.17) is 18.6 Å². The highest BCUT2D eigenvalue weighted by atomic mass is 28.4. The molecule has 4 aromatic carbocycles. The molecule has 0 aliphatic carbocycles. The minimum absolute atomic E-state index is 0.0676. The van der Waals surface area contributed by atoms with Crippen molar-refractivity contribution in [1.29, 1.82) is 0 Å². The van der Waals surface area contributed by atoms with Gasteiger partial charge in [0, 0.05) is 12.0 Å². The lowest BCUT2D eigenvalue weighted by Gasteiger charge is -2.39. The van der Waals surface area contributed by atoms with Gasteiger partial charge in [-0.2, -0.15) is 0 Å². The van der Waals surface area contributed by atoms with Crippen LogP contribution in [0, 0.1) is 11.7 Å². The number of ketones is 1. The van der Waals surface area contributed by atoms with Gasteiger partial charge in [0.2, 0.25) is 0 Å². The summed E-state index contributed by atoms with van der Waals surface area (Å²) in [4.78, 5) is 27.0. The second kappa shape index (κ2) is 16.7. The van der Waals surface area contributed by atoms with Gasteiger partial charge in [-0.1, -0.05) is 93.6 Å². The Hall–Kier alpha value is -4.27. The van der Waals surface area contributed by atoms with Crippen molar-refractivity contribution >= 4 is 20.1 Å². The summed E-state index contributed by atoms with van der Waals surface area (Å²) >= 11 is 0. The summed E-state index contributed by atoms with van der Waals surface area (Å²) in [5.74, 6) is -0.824. The standard InChI is InChI=1S/C40H47FO6Si/c1-40(2,3)48(5,6)47-36(31-17-20-33(41)21-18-31)24-19-32(25-38(42)44-4)39(43)35-23-22-34(45-27-29-13-9-7-10-14-29)26-37(35)46-28-30-15-11-8-12-16-30/h7-18,20-23,26,32,36H,19,24-25,27-28H2,1-6H3/t32?,36-/m1/s1. The van der Waals surface area contributed by atoms with E-state index in [2.05, 4.69) is 33.9 Å². The molecule has 4 rings (SSSR count). The summed E-state index contributed by atoms with van der Waals surface area (Å²) in [6.45, 7) is 11.4. The minimum atomic E-state index is -2.26. The highest BCUT2D eigenvalue weighted by Gasteiger charge is 2.40. The van der Waals surface area contributed by atoms with Crippen LogP contribution in [0.3, 0.4) is 0 Å². The molecule has 0 heterocycles. The molecule has 0 amide bonds. The van der Waals surface area contributed by atoms with Crippen molar-refractivity contribution in [2.75, 3.05) is 7.11 Å². The molecule has 2 atom stereocenters. The Bertz CT molecular complexity index is 1620. The van der Waals surface area contributed by atoms with Crippen molar-refractivity contribution in [2.24, 2.45) is 5.92 Å². The number of rotatable bonds is 16. The third-order valence-electron chi connectivity index (χ3n) is 8.98. The van der Waals surface area contributed by atoms with Gasteiger partial charge in [-0.15, -0.1) is 0 Å². The number of benzene rings is 4. The van der Waals surface area contributed by atoms with Gasteiger partial charge < -0.3 is 18.6 Å². The largest absolute Gasteiger partial charge is 0.489 e. The van der Waals surface area contributed by atoms with E-state index in [0.717, 1.165) is 16.7 Å². The zero-order chi connectivity index (χ0) is 34.7. The Kier molecular flexibility index (Phi) is 12.7. The van der Waals surface area contributed by atoms with Gasteiger partial charge in [-0.05, 0) is 71.9 Å². The maximum atomic E-state index is 14.3. The lowest BCUT2D eigenvalue weighted by molar-refractivity contribution is -0.141. The van der Waals surface area contributed by atoms with Crippen LogP contribution >= 0.6 is 0 Å². The van der Waals surface area contributed by atoms with Gasteiger partial charge in [-0.3, -0.25) is 9.59 Å². The highest BCUT2D eigenvalue weighted by molar-refractivity contribution is 6.74. The maximum Gasteiger partial charge on any atom is 0.306 e. The number of esters is 1. The molecule has 0 bridgehead atoms. The molecule has 0 saturated carbocycles. The van der Waals surface area contributed by atoms with Gasteiger partial charge >= 0.3 is 5.97 Å². The summed E-state index contributed by atoms with van der Waals surface area (Å²) in [7, 11) is -0.943. The van der Waals surface area contributed by atoms with E-state index in [9.17, 15) is 14.0 Å². The van der Waals surface area contributed by atoms with Crippen LogP contribution in [0.15, 0.2) is 103 Å². The van der Waals surface area contributed by atoms with Crippen molar-refractivity contribution in [3.8, 4) is 11.5 Å². The van der Waals surface area contributed by atoms with Gasteiger partial charge in [-0.25, -0.2) is 4.39 Å². The molecule has 6 nitrogen and oxygen atoms in total. The molecule has 48 heavy (non-hydrogen) atoms. The number of ether oxygens (including phenoxy) is 3. The van der Waals surface area contributed by atoms with E-state index in [1.54, 1.807) is 30.3 Å². The summed E-state index contributed by atoms with van der Waals surface area (Å²) in [5.41, 5.74) is 3.15. The van der Waals surface area contributed by atoms with Crippen molar-refractivity contribution in [2.45, 2.75) is 77.5 Å². The van der Waals surface area contributed by atoms with Crippen LogP contribution in [-0.4, -0.2) is 27.2 Å². The fraction of sp³-hybridized carbons (Fsp3) is 0.350. The molecular formula is C40H47FO6Si. The first-order chi connectivity index (χ1) is 22.9. The van der Waals surface area contributed by atoms with Crippen molar-refractivity contribution in [3.05, 3.63) is 131 Å². The molecule has 8 heteroatoms. The van der Waals surface area contributed by atoms with E-state index >= 15 is 0 Å². The Labute approximate surface area is 285 Å². The molecule has 0 spiro atoms. The summed E-state index contributed by atoms with van der Waals surface area (Å²) in [6, 6.07) is 31.0. The molecule has 4 aromatic rings. The minimum Gasteiger partial charge on any atom is -0.489 e. The average molecular weight is 671 g/mol.